The van der Waals surface area contributed by atoms with Crippen molar-refractivity contribution in [3.05, 3.63) is 118 Å². The molecule has 1 fully saturated rings. The summed E-state index contributed by atoms with van der Waals surface area (Å²) < 4.78 is 35.4. The number of hydrogen-bond donors (Lipinski definition) is 4. The van der Waals surface area contributed by atoms with E-state index in [9.17, 15) is 32.8 Å². The SMILES string of the molecule is CNC(=O)c1c[nH]c2c(C(C)C)cc(N3CCCc4cc(-c5ccc(C(=O)NCc6cc(-c7cccc8c7CN(C7CCC(=O)NC7=O)C8=O)on6)nc5)c(C(F)F)cc43)cc12. The van der Waals surface area contributed by atoms with E-state index in [1.54, 1.807) is 55.7 Å². The van der Waals surface area contributed by atoms with Gasteiger partial charge in [-0.2, -0.15) is 0 Å². The number of aromatic amines is 1. The summed E-state index contributed by atoms with van der Waals surface area (Å²) >= 11 is 0. The third kappa shape index (κ3) is 7.14. The van der Waals surface area contributed by atoms with E-state index in [2.05, 4.69) is 55.9 Å². The van der Waals surface area contributed by atoms with Crippen LogP contribution in [0.25, 0.3) is 33.4 Å². The van der Waals surface area contributed by atoms with Gasteiger partial charge in [0.1, 0.15) is 17.4 Å². The van der Waals surface area contributed by atoms with E-state index in [4.69, 9.17) is 4.52 Å². The number of pyridine rings is 1. The molecule has 14 nitrogen and oxygen atoms in total. The number of hydrogen-bond acceptors (Lipinski definition) is 9. The number of nitrogens with one attached hydrogen (secondary N) is 4. The minimum absolute atomic E-state index is 0.0121. The van der Waals surface area contributed by atoms with E-state index in [1.165, 1.54) is 17.2 Å². The molecule has 316 valence electrons. The Morgan fingerprint density at radius 1 is 0.968 bits per heavy atom. The van der Waals surface area contributed by atoms with E-state index in [0.29, 0.717) is 63.5 Å². The Kier molecular flexibility index (Phi) is 10.4. The number of rotatable bonds is 10. The molecule has 1 saturated heterocycles. The van der Waals surface area contributed by atoms with E-state index < -0.39 is 24.3 Å². The number of carbonyl (C=O) groups is 5. The Morgan fingerprint density at radius 3 is 2.53 bits per heavy atom. The summed E-state index contributed by atoms with van der Waals surface area (Å²) in [5.74, 6) is -1.42. The first-order valence-corrected chi connectivity index (χ1v) is 20.5. The van der Waals surface area contributed by atoms with Crippen molar-refractivity contribution in [3.8, 4) is 22.5 Å². The molecule has 0 saturated carbocycles. The van der Waals surface area contributed by atoms with Crippen molar-refractivity contribution >= 4 is 51.8 Å². The first-order valence-electron chi connectivity index (χ1n) is 20.5. The van der Waals surface area contributed by atoms with Crippen molar-refractivity contribution in [1.82, 2.24) is 36.0 Å². The molecule has 4 N–H and O–H groups in total. The van der Waals surface area contributed by atoms with Gasteiger partial charge in [0.25, 0.3) is 24.1 Å². The number of benzene rings is 3. The molecule has 0 spiro atoms. The molecule has 0 bridgehead atoms. The summed E-state index contributed by atoms with van der Waals surface area (Å²) in [6, 6.07) is 16.5. The number of aromatic nitrogens is 3. The largest absolute Gasteiger partial charge is 0.360 e. The molecule has 1 unspecified atom stereocenters. The molecular weight excluding hydrogens is 799 g/mol. The average Bonchev–Trinajstić information content (AvgIpc) is 4.02. The van der Waals surface area contributed by atoms with Crippen LogP contribution in [0.4, 0.5) is 20.2 Å². The number of imide groups is 1. The summed E-state index contributed by atoms with van der Waals surface area (Å²) in [6.45, 7) is 4.90. The zero-order valence-corrected chi connectivity index (χ0v) is 34.1. The van der Waals surface area contributed by atoms with Crippen LogP contribution in [-0.2, 0) is 29.1 Å². The number of anilines is 2. The summed E-state index contributed by atoms with van der Waals surface area (Å²) in [5, 5.41) is 12.6. The number of halogens is 2. The molecule has 0 radical (unpaired) electrons. The summed E-state index contributed by atoms with van der Waals surface area (Å²) in [5.41, 5.74) is 7.58. The van der Waals surface area contributed by atoms with Crippen molar-refractivity contribution < 1.29 is 37.3 Å². The van der Waals surface area contributed by atoms with E-state index in [1.807, 2.05) is 6.07 Å². The second-order valence-electron chi connectivity index (χ2n) is 16.0. The number of aryl methyl sites for hydroxylation is 1. The molecule has 6 heterocycles. The standard InChI is InChI=1S/C46H42F2N8O6/c1-23(2)30-16-27(17-32-34(43(58)49-3)21-51-41(30)32)55-13-5-6-24-14-31(33(42(47)48)18-38(24)55)25-9-10-36(50-19-25)44(59)52-20-26-15-39(62-54-26)28-7-4-8-29-35(28)22-56(46(29)61)37-11-12-40(57)53-45(37)60/h4,7-10,14-19,21,23,37,42,51H,5-6,11-13,20,22H2,1-3H3,(H,49,58)(H,52,59)(H,53,57,60). The molecule has 6 aromatic rings. The van der Waals surface area contributed by atoms with E-state index >= 15 is 0 Å². The van der Waals surface area contributed by atoms with Gasteiger partial charge in [-0.1, -0.05) is 37.2 Å². The number of amides is 5. The smallest absolute Gasteiger partial charge is 0.270 e. The molecule has 5 amide bonds. The van der Waals surface area contributed by atoms with E-state index in [0.717, 1.165) is 34.1 Å². The van der Waals surface area contributed by atoms with Gasteiger partial charge in [0.15, 0.2) is 5.76 Å². The Bertz CT molecular complexity index is 2810. The monoisotopic (exact) mass is 840 g/mol. The maximum atomic E-state index is 14.9. The zero-order chi connectivity index (χ0) is 43.4. The maximum absolute atomic E-state index is 14.9. The predicted molar refractivity (Wildman–Crippen MR) is 225 cm³/mol. The fourth-order valence-electron chi connectivity index (χ4n) is 8.81. The van der Waals surface area contributed by atoms with E-state index in [-0.39, 0.29) is 60.8 Å². The number of carbonyl (C=O) groups excluding carboxylic acids is 5. The lowest BCUT2D eigenvalue weighted by atomic mass is 9.91. The van der Waals surface area contributed by atoms with Crippen molar-refractivity contribution in [2.24, 2.45) is 0 Å². The van der Waals surface area contributed by atoms with Crippen molar-refractivity contribution in [2.75, 3.05) is 18.5 Å². The number of H-pyrrole nitrogens is 1. The van der Waals surface area contributed by atoms with Gasteiger partial charge in [0.05, 0.1) is 12.1 Å². The lowest BCUT2D eigenvalue weighted by Crippen LogP contribution is -2.52. The first-order chi connectivity index (χ1) is 29.9. The van der Waals surface area contributed by atoms with Crippen molar-refractivity contribution in [3.63, 3.8) is 0 Å². The molecule has 3 aromatic carbocycles. The van der Waals surface area contributed by atoms with Crippen LogP contribution in [0.2, 0.25) is 0 Å². The highest BCUT2D eigenvalue weighted by molar-refractivity contribution is 6.09. The van der Waals surface area contributed by atoms with Gasteiger partial charge < -0.3 is 29.9 Å². The number of fused-ring (bicyclic) bond motifs is 3. The molecule has 62 heavy (non-hydrogen) atoms. The lowest BCUT2D eigenvalue weighted by Gasteiger charge is -2.33. The highest BCUT2D eigenvalue weighted by Crippen LogP contribution is 2.43. The fourth-order valence-corrected chi connectivity index (χ4v) is 8.81. The normalized spacial score (nSPS) is 16.2. The maximum Gasteiger partial charge on any atom is 0.270 e. The Balaban J connectivity index is 0.913. The topological polar surface area (TPSA) is 183 Å². The average molecular weight is 841 g/mol. The summed E-state index contributed by atoms with van der Waals surface area (Å²) in [7, 11) is 1.58. The molecule has 3 aromatic heterocycles. The van der Waals surface area contributed by atoms with Crippen LogP contribution in [0.1, 0.15) is 105 Å². The van der Waals surface area contributed by atoms with Crippen LogP contribution in [0.3, 0.4) is 0 Å². The third-order valence-electron chi connectivity index (χ3n) is 12.0. The summed E-state index contributed by atoms with van der Waals surface area (Å²) in [6.07, 6.45) is 2.17. The van der Waals surface area contributed by atoms with Gasteiger partial charge in [-0.15, -0.1) is 0 Å². The molecule has 0 aliphatic carbocycles. The van der Waals surface area contributed by atoms with Crippen LogP contribution in [0.15, 0.2) is 77.6 Å². The second kappa shape index (κ2) is 16.0. The van der Waals surface area contributed by atoms with Gasteiger partial charge in [-0.25, -0.2) is 8.78 Å². The molecule has 9 rings (SSSR count). The minimum atomic E-state index is -2.80. The quantitative estimate of drug-likeness (QED) is 0.105. The van der Waals surface area contributed by atoms with Crippen LogP contribution in [0.5, 0.6) is 0 Å². The van der Waals surface area contributed by atoms with Crippen LogP contribution in [-0.4, -0.2) is 69.2 Å². The number of nitrogens with zero attached hydrogens (tertiary/aromatic N) is 4. The third-order valence-corrected chi connectivity index (χ3v) is 12.0. The minimum Gasteiger partial charge on any atom is -0.360 e. The Labute approximate surface area is 354 Å². The Hall–Kier alpha value is -7.23. The lowest BCUT2D eigenvalue weighted by molar-refractivity contribution is -0.136. The van der Waals surface area contributed by atoms with Gasteiger partial charge in [0.2, 0.25) is 11.8 Å². The van der Waals surface area contributed by atoms with Crippen LogP contribution >= 0.6 is 0 Å². The molecule has 16 heteroatoms. The number of alkyl halides is 2. The highest BCUT2D eigenvalue weighted by atomic mass is 19.3. The predicted octanol–water partition coefficient (Wildman–Crippen LogP) is 7.08. The fraction of sp³-hybridized carbons (Fsp3) is 0.283. The molecule has 3 aliphatic heterocycles. The van der Waals surface area contributed by atoms with Gasteiger partial charge >= 0.3 is 0 Å². The Morgan fingerprint density at radius 2 is 1.79 bits per heavy atom. The molecular formula is C46H42F2N8O6. The van der Waals surface area contributed by atoms with Gasteiger partial charge in [-0.3, -0.25) is 34.3 Å². The van der Waals surface area contributed by atoms with Crippen molar-refractivity contribution in [1.29, 1.82) is 0 Å². The van der Waals surface area contributed by atoms with Gasteiger partial charge in [0, 0.05) is 89.5 Å². The summed E-state index contributed by atoms with van der Waals surface area (Å²) in [4.78, 5) is 74.6. The zero-order valence-electron chi connectivity index (χ0n) is 34.1. The van der Waals surface area contributed by atoms with Gasteiger partial charge in [-0.05, 0) is 83.8 Å². The molecule has 3 aliphatic rings. The highest BCUT2D eigenvalue weighted by Gasteiger charge is 2.40. The van der Waals surface area contributed by atoms with Crippen LogP contribution in [0, 0.1) is 0 Å². The first kappa shape index (κ1) is 40.2. The van der Waals surface area contributed by atoms with Crippen LogP contribution < -0.4 is 20.9 Å². The molecule has 1 atom stereocenters. The number of piperidine rings is 1. The van der Waals surface area contributed by atoms with Crippen molar-refractivity contribution in [2.45, 2.75) is 71.0 Å². The second-order valence-corrected chi connectivity index (χ2v) is 16.0.